The van der Waals surface area contributed by atoms with Crippen LogP contribution in [-0.2, 0) is 36.7 Å². The van der Waals surface area contributed by atoms with E-state index < -0.39 is 22.9 Å². The van der Waals surface area contributed by atoms with Gasteiger partial charge in [-0.3, -0.25) is 14.4 Å². The maximum absolute atomic E-state index is 14.1. The predicted octanol–water partition coefficient (Wildman–Crippen LogP) is 4.68. The summed E-state index contributed by atoms with van der Waals surface area (Å²) in [4.78, 5) is 39.2. The number of likely N-dealkylation sites (tertiary alicyclic amines) is 1. The van der Waals surface area contributed by atoms with E-state index in [-0.39, 0.29) is 18.6 Å². The van der Waals surface area contributed by atoms with Gasteiger partial charge in [0.25, 0.3) is 10.8 Å². The molecular weight excluding hydrogens is 530 g/mol. The molecule has 0 N–H and O–H groups in total. The molecule has 1 aliphatic rings. The van der Waals surface area contributed by atoms with Crippen molar-refractivity contribution in [2.75, 3.05) is 20.8 Å². The molecule has 3 aromatic rings. The lowest BCUT2D eigenvalue weighted by molar-refractivity contribution is -0.198. The van der Waals surface area contributed by atoms with Gasteiger partial charge in [-0.15, -0.1) is 0 Å². The van der Waals surface area contributed by atoms with Crippen LogP contribution in [0.2, 0.25) is 0 Å². The van der Waals surface area contributed by atoms with Gasteiger partial charge in [-0.2, -0.15) is 0 Å². The summed E-state index contributed by atoms with van der Waals surface area (Å²) >= 11 is 1.16. The van der Waals surface area contributed by atoms with Crippen molar-refractivity contribution in [3.8, 4) is 11.5 Å². The first-order chi connectivity index (χ1) is 19.3. The fourth-order valence-electron chi connectivity index (χ4n) is 4.85. The topological polar surface area (TPSA) is 91.4 Å². The highest BCUT2D eigenvalue weighted by Crippen LogP contribution is 2.49. The summed E-state index contributed by atoms with van der Waals surface area (Å²) in [5.41, 5.74) is 2.00. The van der Waals surface area contributed by atoms with E-state index in [1.54, 1.807) is 19.1 Å². The number of carbonyl (C=O) groups excluding carboxylic acids is 3. The molecular formula is C31H33NO7S. The van der Waals surface area contributed by atoms with Crippen LogP contribution in [0.25, 0.3) is 0 Å². The summed E-state index contributed by atoms with van der Waals surface area (Å²) in [5.74, 6) is 0.0436. The Morgan fingerprint density at radius 1 is 0.825 bits per heavy atom. The number of β-lactam (4-membered cyclic amide) rings is 1. The van der Waals surface area contributed by atoms with Gasteiger partial charge in [-0.25, -0.2) is 0 Å². The van der Waals surface area contributed by atoms with Crippen LogP contribution in [0.3, 0.4) is 0 Å². The Morgan fingerprint density at radius 2 is 1.35 bits per heavy atom. The Morgan fingerprint density at radius 3 is 1.80 bits per heavy atom. The number of esters is 2. The Kier molecular flexibility index (Phi) is 9.37. The van der Waals surface area contributed by atoms with Crippen LogP contribution in [0.4, 0.5) is 0 Å². The number of methoxy groups -OCH3 is 2. The van der Waals surface area contributed by atoms with Crippen molar-refractivity contribution in [3.05, 3.63) is 90.0 Å². The molecule has 2 atom stereocenters. The molecule has 1 saturated heterocycles. The monoisotopic (exact) mass is 563 g/mol. The summed E-state index contributed by atoms with van der Waals surface area (Å²) in [6.45, 7) is 2.48. The van der Waals surface area contributed by atoms with Crippen LogP contribution in [0, 0.1) is 0 Å². The number of rotatable bonds is 12. The lowest BCUT2D eigenvalue weighted by Crippen LogP contribution is -2.77. The zero-order chi connectivity index (χ0) is 28.7. The maximum atomic E-state index is 14.1. The molecule has 0 bridgehead atoms. The highest BCUT2D eigenvalue weighted by Gasteiger charge is 2.66. The molecule has 0 saturated carbocycles. The third-order valence-electron chi connectivity index (χ3n) is 6.71. The van der Waals surface area contributed by atoms with E-state index in [1.807, 2.05) is 78.9 Å². The Bertz CT molecular complexity index is 1260. The summed E-state index contributed by atoms with van der Waals surface area (Å²) in [7, 11) is 3.22. The minimum Gasteiger partial charge on any atom is -0.497 e. The van der Waals surface area contributed by atoms with Crippen LogP contribution in [0.15, 0.2) is 83.8 Å². The van der Waals surface area contributed by atoms with Gasteiger partial charge in [0, 0.05) is 24.8 Å². The van der Waals surface area contributed by atoms with Gasteiger partial charge in [-0.05, 0) is 60.4 Å². The van der Waals surface area contributed by atoms with E-state index in [9.17, 15) is 14.4 Å². The van der Waals surface area contributed by atoms with E-state index in [4.69, 9.17) is 18.9 Å². The van der Waals surface area contributed by atoms with Gasteiger partial charge in [0.1, 0.15) is 24.1 Å². The van der Waals surface area contributed by atoms with Crippen molar-refractivity contribution in [2.45, 2.75) is 48.6 Å². The van der Waals surface area contributed by atoms with E-state index in [0.717, 1.165) is 39.3 Å². The molecule has 210 valence electrons. The smallest absolute Gasteiger partial charge is 0.304 e. The number of thioether (sulfide) groups is 1. The second-order valence-corrected chi connectivity index (χ2v) is 10.7. The second kappa shape index (κ2) is 12.9. The van der Waals surface area contributed by atoms with E-state index in [1.165, 1.54) is 13.8 Å². The molecule has 0 spiro atoms. The van der Waals surface area contributed by atoms with Crippen LogP contribution in [-0.4, -0.2) is 60.6 Å². The third-order valence-corrected chi connectivity index (χ3v) is 8.05. The maximum Gasteiger partial charge on any atom is 0.304 e. The van der Waals surface area contributed by atoms with E-state index in [2.05, 4.69) is 0 Å². The molecule has 8 nitrogen and oxygen atoms in total. The Balaban J connectivity index is 1.72. The first-order valence-corrected chi connectivity index (χ1v) is 13.7. The molecule has 1 fully saturated rings. The highest BCUT2D eigenvalue weighted by molar-refractivity contribution is 8.01. The van der Waals surface area contributed by atoms with Crippen LogP contribution >= 0.6 is 11.8 Å². The number of amides is 1. The normalized spacial score (nSPS) is 18.2. The standard InChI is InChI=1S/C31H33NO7S/c1-21(33)38-20-29-31(39-22(2)34,40-28-8-6-5-7-9-28)30(35)32(29)25(18-23-10-14-26(36-3)15-11-23)19-24-12-16-27(37-4)17-13-24/h5-17,25,29H,18-20H2,1-4H3. The summed E-state index contributed by atoms with van der Waals surface area (Å²) < 4.78 is 21.8. The van der Waals surface area contributed by atoms with Gasteiger partial charge in [0.15, 0.2) is 0 Å². The van der Waals surface area contributed by atoms with Crippen molar-refractivity contribution in [1.82, 2.24) is 4.90 Å². The predicted molar refractivity (Wildman–Crippen MR) is 151 cm³/mol. The molecule has 3 aromatic carbocycles. The summed E-state index contributed by atoms with van der Waals surface area (Å²) in [5, 5.41) is 0. The van der Waals surface area contributed by atoms with Crippen LogP contribution in [0.1, 0.15) is 25.0 Å². The molecule has 0 aliphatic carbocycles. The highest BCUT2D eigenvalue weighted by atomic mass is 32.2. The van der Waals surface area contributed by atoms with E-state index in [0.29, 0.717) is 12.8 Å². The summed E-state index contributed by atoms with van der Waals surface area (Å²) in [6.07, 6.45) is 1.04. The molecule has 1 aliphatic heterocycles. The third kappa shape index (κ3) is 6.59. The van der Waals surface area contributed by atoms with E-state index >= 15 is 0 Å². The zero-order valence-electron chi connectivity index (χ0n) is 23.0. The summed E-state index contributed by atoms with van der Waals surface area (Å²) in [6, 6.07) is 23.6. The first kappa shape index (κ1) is 29.0. The molecule has 4 rings (SSSR count). The van der Waals surface area contributed by atoms with Crippen molar-refractivity contribution in [1.29, 1.82) is 0 Å². The largest absolute Gasteiger partial charge is 0.497 e. The zero-order valence-corrected chi connectivity index (χ0v) is 23.8. The fraction of sp³-hybridized carbons (Fsp3) is 0.323. The minimum atomic E-state index is -1.57. The molecule has 1 heterocycles. The number of hydrogen-bond acceptors (Lipinski definition) is 8. The van der Waals surface area contributed by atoms with Gasteiger partial charge in [-0.1, -0.05) is 54.2 Å². The average molecular weight is 564 g/mol. The SMILES string of the molecule is COc1ccc(CC(Cc2ccc(OC)cc2)N2C(=O)C(OC(C)=O)(Sc3ccccc3)C2COC(C)=O)cc1. The Labute approximate surface area is 238 Å². The Hall–Kier alpha value is -3.98. The van der Waals surface area contributed by atoms with Crippen molar-refractivity contribution < 1.29 is 33.3 Å². The molecule has 1 amide bonds. The van der Waals surface area contributed by atoms with Crippen molar-refractivity contribution in [2.24, 2.45) is 0 Å². The van der Waals surface area contributed by atoms with Gasteiger partial charge >= 0.3 is 11.9 Å². The second-order valence-electron chi connectivity index (χ2n) is 9.47. The quantitative estimate of drug-likeness (QED) is 0.178. The number of nitrogens with zero attached hydrogens (tertiary/aromatic N) is 1. The molecule has 9 heteroatoms. The fourth-order valence-corrected chi connectivity index (χ4v) is 6.16. The molecule has 0 aromatic heterocycles. The first-order valence-electron chi connectivity index (χ1n) is 12.9. The lowest BCUT2D eigenvalue weighted by Gasteiger charge is -2.56. The van der Waals surface area contributed by atoms with Gasteiger partial charge < -0.3 is 23.8 Å². The minimum absolute atomic E-state index is 0.115. The number of ether oxygens (including phenoxy) is 4. The molecule has 40 heavy (non-hydrogen) atoms. The number of carbonyl (C=O) groups is 3. The lowest BCUT2D eigenvalue weighted by atomic mass is 9.88. The number of hydrogen-bond donors (Lipinski definition) is 0. The number of benzene rings is 3. The van der Waals surface area contributed by atoms with Crippen LogP contribution in [0.5, 0.6) is 11.5 Å². The van der Waals surface area contributed by atoms with Gasteiger partial charge in [0.05, 0.1) is 14.2 Å². The molecule has 0 radical (unpaired) electrons. The average Bonchev–Trinajstić information content (AvgIpc) is 2.95. The van der Waals surface area contributed by atoms with Gasteiger partial charge in [0.2, 0.25) is 0 Å². The van der Waals surface area contributed by atoms with Crippen molar-refractivity contribution >= 4 is 29.6 Å². The van der Waals surface area contributed by atoms with Crippen molar-refractivity contribution in [3.63, 3.8) is 0 Å². The molecule has 2 unspecified atom stereocenters. The van der Waals surface area contributed by atoms with Crippen LogP contribution < -0.4 is 9.47 Å².